The summed E-state index contributed by atoms with van der Waals surface area (Å²) in [6, 6.07) is 8.54. The van der Waals surface area contributed by atoms with Gasteiger partial charge in [0.05, 0.1) is 26.4 Å². The highest BCUT2D eigenvalue weighted by Gasteiger charge is 2.43. The van der Waals surface area contributed by atoms with Gasteiger partial charge in [0.2, 0.25) is 5.88 Å². The Hall–Kier alpha value is -3.48. The van der Waals surface area contributed by atoms with E-state index in [4.69, 9.17) is 25.4 Å². The molecule has 10 heteroatoms. The number of pyridine rings is 2. The van der Waals surface area contributed by atoms with Gasteiger partial charge in [-0.2, -0.15) is 0 Å². The minimum Gasteiger partial charge on any atom is -0.493 e. The molecule has 0 spiro atoms. The lowest BCUT2D eigenvalue weighted by molar-refractivity contribution is -0.301. The van der Waals surface area contributed by atoms with E-state index < -0.39 is 37.3 Å². The van der Waals surface area contributed by atoms with Crippen molar-refractivity contribution in [3.8, 4) is 35.8 Å². The van der Waals surface area contributed by atoms with Crippen LogP contribution >= 0.6 is 0 Å². The van der Waals surface area contributed by atoms with Gasteiger partial charge >= 0.3 is 0 Å². The summed E-state index contributed by atoms with van der Waals surface area (Å²) in [7, 11) is 0. The predicted octanol–water partition coefficient (Wildman–Crippen LogP) is 0.398. The molecule has 1 aliphatic heterocycles. The molecule has 0 saturated carbocycles. The Kier molecular flexibility index (Phi) is 10.9. The van der Waals surface area contributed by atoms with Gasteiger partial charge in [-0.1, -0.05) is 18.1 Å². The lowest BCUT2D eigenvalue weighted by Gasteiger charge is -2.39. The molecular formula is C27H30N2O8. The molecule has 5 atom stereocenters. The van der Waals surface area contributed by atoms with E-state index in [2.05, 4.69) is 34.3 Å². The SMILES string of the molecule is C#Cc1cc(OCCC=C)cc(C#Cc2cccc(OCCCO[C@@H]3O[C@H](CO)[C@@H](O)[C@H](O)[C@H]3O)n2)n1. The maximum absolute atomic E-state index is 9.99. The first-order valence-electron chi connectivity index (χ1n) is 11.7. The molecule has 0 radical (unpaired) electrons. The van der Waals surface area contributed by atoms with E-state index >= 15 is 0 Å². The molecule has 10 nitrogen and oxygen atoms in total. The highest BCUT2D eigenvalue weighted by Crippen LogP contribution is 2.22. The van der Waals surface area contributed by atoms with Gasteiger partial charge < -0.3 is 39.4 Å². The largest absolute Gasteiger partial charge is 0.493 e. The molecule has 0 amide bonds. The zero-order valence-electron chi connectivity index (χ0n) is 20.2. The molecule has 37 heavy (non-hydrogen) atoms. The third-order valence-corrected chi connectivity index (χ3v) is 5.25. The smallest absolute Gasteiger partial charge is 0.214 e. The molecule has 0 aliphatic carbocycles. The van der Waals surface area contributed by atoms with Crippen LogP contribution in [0.25, 0.3) is 0 Å². The molecule has 1 saturated heterocycles. The Balaban J connectivity index is 1.51. The van der Waals surface area contributed by atoms with Crippen LogP contribution in [0.1, 0.15) is 29.9 Å². The van der Waals surface area contributed by atoms with Crippen LogP contribution in [0.15, 0.2) is 43.0 Å². The highest BCUT2D eigenvalue weighted by molar-refractivity contribution is 5.43. The lowest BCUT2D eigenvalue weighted by Crippen LogP contribution is -2.59. The number of aromatic nitrogens is 2. The van der Waals surface area contributed by atoms with Crippen LogP contribution in [0.2, 0.25) is 0 Å². The van der Waals surface area contributed by atoms with Crippen LogP contribution in [-0.4, -0.2) is 87.5 Å². The van der Waals surface area contributed by atoms with Gasteiger partial charge in [0, 0.05) is 24.6 Å². The summed E-state index contributed by atoms with van der Waals surface area (Å²) in [5.74, 6) is 9.30. The Morgan fingerprint density at radius 1 is 0.973 bits per heavy atom. The number of hydrogen-bond donors (Lipinski definition) is 4. The minimum absolute atomic E-state index is 0.135. The van der Waals surface area contributed by atoms with E-state index in [9.17, 15) is 20.4 Å². The molecule has 196 valence electrons. The number of aliphatic hydroxyl groups is 4. The molecule has 0 unspecified atom stereocenters. The summed E-state index contributed by atoms with van der Waals surface area (Å²) in [5, 5.41) is 38.8. The van der Waals surface area contributed by atoms with E-state index in [1.807, 2.05) is 0 Å². The van der Waals surface area contributed by atoms with Crippen LogP contribution in [0.3, 0.4) is 0 Å². The molecular weight excluding hydrogens is 480 g/mol. The maximum Gasteiger partial charge on any atom is 0.214 e. The Labute approximate surface area is 215 Å². The Morgan fingerprint density at radius 3 is 2.51 bits per heavy atom. The maximum atomic E-state index is 9.99. The van der Waals surface area contributed by atoms with Crippen LogP contribution in [0.4, 0.5) is 0 Å². The summed E-state index contributed by atoms with van der Waals surface area (Å²) in [6.07, 6.45) is 1.81. The quantitative estimate of drug-likeness (QED) is 0.190. The van der Waals surface area contributed by atoms with Crippen molar-refractivity contribution in [3.05, 3.63) is 60.1 Å². The van der Waals surface area contributed by atoms with Crippen molar-refractivity contribution >= 4 is 0 Å². The molecule has 3 rings (SSSR count). The zero-order chi connectivity index (χ0) is 26.6. The second-order valence-electron chi connectivity index (χ2n) is 8.02. The van der Waals surface area contributed by atoms with Gasteiger partial charge in [-0.25, -0.2) is 9.97 Å². The number of nitrogens with zero attached hydrogens (tertiary/aromatic N) is 2. The summed E-state index contributed by atoms with van der Waals surface area (Å²) >= 11 is 0. The molecule has 4 N–H and O–H groups in total. The van der Waals surface area contributed by atoms with Crippen molar-refractivity contribution in [2.75, 3.05) is 26.4 Å². The molecule has 2 aromatic heterocycles. The van der Waals surface area contributed by atoms with Gasteiger partial charge in [0.25, 0.3) is 0 Å². The third-order valence-electron chi connectivity index (χ3n) is 5.25. The monoisotopic (exact) mass is 510 g/mol. The molecule has 1 aliphatic rings. The first-order chi connectivity index (χ1) is 17.9. The van der Waals surface area contributed by atoms with Crippen LogP contribution < -0.4 is 9.47 Å². The second kappa shape index (κ2) is 14.3. The molecule has 0 bridgehead atoms. The highest BCUT2D eigenvalue weighted by atomic mass is 16.7. The topological polar surface area (TPSA) is 144 Å². The van der Waals surface area contributed by atoms with E-state index in [0.717, 1.165) is 0 Å². The Morgan fingerprint density at radius 2 is 1.76 bits per heavy atom. The fourth-order valence-corrected chi connectivity index (χ4v) is 3.32. The van der Waals surface area contributed by atoms with Gasteiger partial charge in [-0.3, -0.25) is 0 Å². The molecule has 2 aromatic rings. The first-order valence-corrected chi connectivity index (χ1v) is 11.7. The second-order valence-corrected chi connectivity index (χ2v) is 8.02. The lowest BCUT2D eigenvalue weighted by atomic mass is 9.99. The van der Waals surface area contributed by atoms with Crippen molar-refractivity contribution < 1.29 is 39.4 Å². The van der Waals surface area contributed by atoms with Gasteiger partial charge in [0.1, 0.15) is 47.2 Å². The van der Waals surface area contributed by atoms with E-state index in [0.29, 0.717) is 48.2 Å². The van der Waals surface area contributed by atoms with Crippen molar-refractivity contribution in [2.45, 2.75) is 43.5 Å². The summed E-state index contributed by atoms with van der Waals surface area (Å²) in [4.78, 5) is 8.65. The summed E-state index contributed by atoms with van der Waals surface area (Å²) < 4.78 is 22.0. The van der Waals surface area contributed by atoms with Gasteiger partial charge in [-0.05, 0) is 24.3 Å². The standard InChI is InChI=1S/C27H30N2O8/c1-3-5-12-34-21-15-18(4-2)28-20(16-21)11-10-19-8-6-9-23(29-19)35-13-7-14-36-27-26(33)25(32)24(31)22(17-30)37-27/h2-3,6,8-9,15-16,22,24-27,30-33H,1,5,7,12-14,17H2/t22-,24-,25+,26-,27-/m1/s1. The average Bonchev–Trinajstić information content (AvgIpc) is 2.92. The minimum atomic E-state index is -1.49. The number of rotatable bonds is 11. The number of aliphatic hydroxyl groups excluding tert-OH is 4. The average molecular weight is 511 g/mol. The van der Waals surface area contributed by atoms with Gasteiger partial charge in [-0.15, -0.1) is 13.0 Å². The van der Waals surface area contributed by atoms with Crippen molar-refractivity contribution in [2.24, 2.45) is 0 Å². The molecule has 1 fully saturated rings. The van der Waals surface area contributed by atoms with Gasteiger partial charge in [0.15, 0.2) is 6.29 Å². The fourth-order valence-electron chi connectivity index (χ4n) is 3.32. The molecule has 3 heterocycles. The first kappa shape index (κ1) is 28.1. The van der Waals surface area contributed by atoms with Crippen molar-refractivity contribution in [1.29, 1.82) is 0 Å². The van der Waals surface area contributed by atoms with E-state index in [1.54, 1.807) is 36.4 Å². The zero-order valence-corrected chi connectivity index (χ0v) is 20.2. The van der Waals surface area contributed by atoms with Crippen molar-refractivity contribution in [3.63, 3.8) is 0 Å². The summed E-state index contributed by atoms with van der Waals surface area (Å²) in [5.41, 5.74) is 1.33. The summed E-state index contributed by atoms with van der Waals surface area (Å²) in [6.45, 7) is 4.00. The van der Waals surface area contributed by atoms with Crippen LogP contribution in [0.5, 0.6) is 11.6 Å². The molecule has 0 aromatic carbocycles. The predicted molar refractivity (Wildman–Crippen MR) is 133 cm³/mol. The van der Waals surface area contributed by atoms with E-state index in [-0.39, 0.29) is 13.2 Å². The normalized spacial score (nSPS) is 22.8. The number of ether oxygens (including phenoxy) is 4. The van der Waals surface area contributed by atoms with Crippen LogP contribution in [0, 0.1) is 24.2 Å². The van der Waals surface area contributed by atoms with Crippen LogP contribution in [-0.2, 0) is 9.47 Å². The third kappa shape index (κ3) is 8.27. The number of terminal acetylenes is 1. The number of hydrogen-bond acceptors (Lipinski definition) is 10. The Bertz CT molecular complexity index is 1140. The van der Waals surface area contributed by atoms with E-state index in [1.165, 1.54) is 0 Å². The fraction of sp³-hybridized carbons (Fsp3) is 0.407. The van der Waals surface area contributed by atoms with Crippen molar-refractivity contribution in [1.82, 2.24) is 9.97 Å².